The number of rotatable bonds is 5. The van der Waals surface area contributed by atoms with E-state index in [1.165, 1.54) is 0 Å². The summed E-state index contributed by atoms with van der Waals surface area (Å²) in [4.78, 5) is 28.7. The predicted molar refractivity (Wildman–Crippen MR) is 124 cm³/mol. The van der Waals surface area contributed by atoms with E-state index in [4.69, 9.17) is 21.1 Å². The summed E-state index contributed by atoms with van der Waals surface area (Å²) in [7, 11) is 0. The van der Waals surface area contributed by atoms with E-state index in [0.29, 0.717) is 23.4 Å². The van der Waals surface area contributed by atoms with Gasteiger partial charge in [-0.1, -0.05) is 31.2 Å². The van der Waals surface area contributed by atoms with Gasteiger partial charge in [-0.25, -0.2) is 15.6 Å². The first kappa shape index (κ1) is 22.8. The summed E-state index contributed by atoms with van der Waals surface area (Å²) < 4.78 is 11.6. The van der Waals surface area contributed by atoms with E-state index >= 15 is 0 Å². The fourth-order valence-electron chi connectivity index (χ4n) is 3.20. The summed E-state index contributed by atoms with van der Waals surface area (Å²) in [5, 5.41) is 4.23. The van der Waals surface area contributed by atoms with Gasteiger partial charge in [0, 0.05) is 22.5 Å². The Bertz CT molecular complexity index is 1170. The van der Waals surface area contributed by atoms with E-state index in [1.54, 1.807) is 39.1 Å². The summed E-state index contributed by atoms with van der Waals surface area (Å²) in [6.07, 6.45) is 1.57. The lowest BCUT2D eigenvalue weighted by Crippen LogP contribution is -2.31. The number of aromatic nitrogens is 1. The Labute approximate surface area is 186 Å². The molecule has 3 aromatic rings. The van der Waals surface area contributed by atoms with E-state index in [1.807, 2.05) is 31.2 Å². The summed E-state index contributed by atoms with van der Waals surface area (Å²) >= 11 is 0. The van der Waals surface area contributed by atoms with Gasteiger partial charge < -0.3 is 15.2 Å². The number of benzene rings is 2. The third kappa shape index (κ3) is 4.89. The van der Waals surface area contributed by atoms with Gasteiger partial charge in [-0.3, -0.25) is 15.5 Å². The topological polar surface area (TPSA) is 142 Å². The highest BCUT2D eigenvalue weighted by atomic mass is 16.6. The number of nitrogen functional groups attached to an aromatic ring is 2. The van der Waals surface area contributed by atoms with Gasteiger partial charge in [-0.2, -0.15) is 0 Å². The second-order valence-corrected chi connectivity index (χ2v) is 8.09. The average Bonchev–Trinajstić information content (AvgIpc) is 2.74. The molecule has 0 fully saturated rings. The van der Waals surface area contributed by atoms with E-state index < -0.39 is 17.6 Å². The zero-order valence-electron chi connectivity index (χ0n) is 18.5. The van der Waals surface area contributed by atoms with Crippen LogP contribution in [0.5, 0.6) is 11.5 Å². The van der Waals surface area contributed by atoms with Gasteiger partial charge in [-0.15, -0.1) is 0 Å². The minimum atomic E-state index is -0.624. The van der Waals surface area contributed by atoms with Crippen molar-refractivity contribution in [2.24, 2.45) is 5.84 Å². The van der Waals surface area contributed by atoms with Gasteiger partial charge in [-0.05, 0) is 39.3 Å². The molecule has 0 aliphatic carbocycles. The normalized spacial score (nSPS) is 11.2. The van der Waals surface area contributed by atoms with Gasteiger partial charge in [0.25, 0.3) is 5.91 Å². The van der Waals surface area contributed by atoms with Crippen molar-refractivity contribution in [1.82, 2.24) is 10.4 Å². The molecule has 0 aliphatic heterocycles. The van der Waals surface area contributed by atoms with Gasteiger partial charge in [0.2, 0.25) is 0 Å². The third-order valence-electron chi connectivity index (χ3n) is 4.61. The molecule has 9 heteroatoms. The van der Waals surface area contributed by atoms with Crippen LogP contribution >= 0.6 is 0 Å². The van der Waals surface area contributed by atoms with Gasteiger partial charge in [0.15, 0.2) is 0 Å². The molecule has 0 saturated carbocycles. The van der Waals surface area contributed by atoms with Crippen molar-refractivity contribution in [3.05, 3.63) is 53.7 Å². The summed E-state index contributed by atoms with van der Waals surface area (Å²) in [6, 6.07) is 10.8. The van der Waals surface area contributed by atoms with Crippen LogP contribution in [0.15, 0.2) is 42.6 Å². The molecule has 168 valence electrons. The number of anilines is 2. The monoisotopic (exact) mass is 437 g/mol. The highest BCUT2D eigenvalue weighted by molar-refractivity contribution is 6.04. The smallest absolute Gasteiger partial charge is 0.412 e. The van der Waals surface area contributed by atoms with Gasteiger partial charge in [0.1, 0.15) is 28.5 Å². The number of pyridine rings is 1. The van der Waals surface area contributed by atoms with Crippen molar-refractivity contribution < 1.29 is 19.1 Å². The first-order valence-electron chi connectivity index (χ1n) is 10.1. The number of nitrogens with zero attached hydrogens (tertiary/aromatic N) is 1. The maximum atomic E-state index is 12.4. The molecular weight excluding hydrogens is 410 g/mol. The Balaban J connectivity index is 2.07. The summed E-state index contributed by atoms with van der Waals surface area (Å²) in [5.41, 5.74) is 8.73. The number of carbonyl (C=O) groups excluding carboxylic acids is 2. The van der Waals surface area contributed by atoms with Crippen LogP contribution in [-0.2, 0) is 11.2 Å². The lowest BCUT2D eigenvalue weighted by atomic mass is 10.1. The number of fused-ring (bicyclic) bond motifs is 1. The van der Waals surface area contributed by atoms with Crippen molar-refractivity contribution in [3.8, 4) is 11.5 Å². The van der Waals surface area contributed by atoms with Crippen LogP contribution in [-0.4, -0.2) is 22.6 Å². The molecule has 0 atom stereocenters. The molecule has 0 radical (unpaired) electrons. The molecule has 32 heavy (non-hydrogen) atoms. The van der Waals surface area contributed by atoms with Crippen LogP contribution < -0.4 is 27.1 Å². The molecule has 0 unspecified atom stereocenters. The number of nitrogens with two attached hydrogens (primary N) is 2. The standard InChI is InChI=1S/C23H27N5O4/c1-5-13-12-26-20(24)18(21(29)28-25)19(13)31-17-11-10-16(14-8-6-7-9-15(14)17)27-22(30)32-23(2,3)4/h6-12H,5,25H2,1-4H3,(H2,24,26)(H,27,30)(H,28,29). The van der Waals surface area contributed by atoms with Crippen LogP contribution in [0.25, 0.3) is 10.8 Å². The average molecular weight is 438 g/mol. The second-order valence-electron chi connectivity index (χ2n) is 8.09. The van der Waals surface area contributed by atoms with E-state index in [9.17, 15) is 9.59 Å². The number of hydrogen-bond acceptors (Lipinski definition) is 7. The largest absolute Gasteiger partial charge is 0.455 e. The molecule has 1 heterocycles. The lowest BCUT2D eigenvalue weighted by Gasteiger charge is -2.21. The number of nitrogens with one attached hydrogen (secondary N) is 2. The van der Waals surface area contributed by atoms with Crippen molar-refractivity contribution in [2.45, 2.75) is 39.7 Å². The maximum Gasteiger partial charge on any atom is 0.412 e. The Morgan fingerprint density at radius 3 is 2.41 bits per heavy atom. The summed E-state index contributed by atoms with van der Waals surface area (Å²) in [6.45, 7) is 7.30. The minimum absolute atomic E-state index is 0.00710. The summed E-state index contributed by atoms with van der Waals surface area (Å²) in [5.74, 6) is 5.49. The first-order valence-corrected chi connectivity index (χ1v) is 10.1. The second kappa shape index (κ2) is 9.11. The molecule has 0 spiro atoms. The van der Waals surface area contributed by atoms with Crippen LogP contribution in [0.4, 0.5) is 16.3 Å². The molecule has 2 amide bonds. The molecule has 0 aliphatic rings. The van der Waals surface area contributed by atoms with E-state index in [0.717, 1.165) is 10.8 Å². The quantitative estimate of drug-likeness (QED) is 0.267. The Morgan fingerprint density at radius 1 is 1.09 bits per heavy atom. The number of aryl methyl sites for hydroxylation is 1. The molecule has 3 rings (SSSR count). The van der Waals surface area contributed by atoms with Gasteiger partial charge >= 0.3 is 6.09 Å². The molecule has 6 N–H and O–H groups in total. The highest BCUT2D eigenvalue weighted by Gasteiger charge is 2.22. The molecule has 0 bridgehead atoms. The minimum Gasteiger partial charge on any atom is -0.455 e. The number of hydrazine groups is 1. The van der Waals surface area contributed by atoms with Crippen molar-refractivity contribution >= 4 is 34.3 Å². The molecule has 0 saturated heterocycles. The molecule has 2 aromatic carbocycles. The number of hydrogen-bond donors (Lipinski definition) is 4. The van der Waals surface area contributed by atoms with Crippen LogP contribution in [0.1, 0.15) is 43.6 Å². The van der Waals surface area contributed by atoms with Crippen LogP contribution in [0.3, 0.4) is 0 Å². The lowest BCUT2D eigenvalue weighted by molar-refractivity contribution is 0.0636. The number of amides is 2. The van der Waals surface area contributed by atoms with Gasteiger partial charge in [0.05, 0.1) is 5.69 Å². The third-order valence-corrected chi connectivity index (χ3v) is 4.61. The first-order chi connectivity index (χ1) is 15.1. The zero-order chi connectivity index (χ0) is 23.5. The van der Waals surface area contributed by atoms with Crippen LogP contribution in [0.2, 0.25) is 0 Å². The fraction of sp³-hybridized carbons (Fsp3) is 0.261. The Morgan fingerprint density at radius 2 is 1.78 bits per heavy atom. The van der Waals surface area contributed by atoms with E-state index in [-0.39, 0.29) is 17.1 Å². The van der Waals surface area contributed by atoms with Crippen molar-refractivity contribution in [2.75, 3.05) is 11.1 Å². The highest BCUT2D eigenvalue weighted by Crippen LogP contribution is 2.38. The molecular formula is C23H27N5O4. The SMILES string of the molecule is CCc1cnc(N)c(C(=O)NN)c1Oc1ccc(NC(=O)OC(C)(C)C)c2ccccc12. The Hall–Kier alpha value is -3.85. The predicted octanol–water partition coefficient (Wildman–Crippen LogP) is 4.12. The number of carbonyl (C=O) groups is 2. The maximum absolute atomic E-state index is 12.4. The van der Waals surface area contributed by atoms with E-state index in [2.05, 4.69) is 15.7 Å². The molecule has 1 aromatic heterocycles. The molecule has 9 nitrogen and oxygen atoms in total. The Kier molecular flexibility index (Phi) is 6.50. The van der Waals surface area contributed by atoms with Crippen molar-refractivity contribution in [3.63, 3.8) is 0 Å². The van der Waals surface area contributed by atoms with Crippen LogP contribution in [0, 0.1) is 0 Å². The fourth-order valence-corrected chi connectivity index (χ4v) is 3.20. The zero-order valence-corrected chi connectivity index (χ0v) is 18.5. The van der Waals surface area contributed by atoms with Crippen molar-refractivity contribution in [1.29, 1.82) is 0 Å². The number of ether oxygens (including phenoxy) is 2.